The number of para-hydroxylation sites is 2. The Morgan fingerprint density at radius 1 is 0.214 bits per heavy atom. The summed E-state index contributed by atoms with van der Waals surface area (Å²) >= 11 is 0. The number of fused-ring (bicyclic) bond motifs is 12. The van der Waals surface area contributed by atoms with E-state index in [9.17, 15) is 0 Å². The van der Waals surface area contributed by atoms with Crippen LogP contribution < -0.4 is 9.47 Å². The van der Waals surface area contributed by atoms with E-state index in [1.807, 2.05) is 12.1 Å². The Labute approximate surface area is 322 Å². The lowest BCUT2D eigenvalue weighted by molar-refractivity contribution is 0.487. The molecule has 2 heteroatoms. The first kappa shape index (κ1) is 30.0. The van der Waals surface area contributed by atoms with Gasteiger partial charge in [-0.2, -0.15) is 0 Å². The average Bonchev–Trinajstić information content (AvgIpc) is 3.26. The SMILES string of the molecule is c1ccc2c(c1)Oc1ccc(-c3ccc4c(c3)c3ccccc3c3cc(-c5ccc6c7c(cccc57)-c5ccccc5O6)c5ccccc5c43)c3cccc-2c13. The Balaban J connectivity index is 1.07. The summed E-state index contributed by atoms with van der Waals surface area (Å²) in [7, 11) is 0. The van der Waals surface area contributed by atoms with Crippen LogP contribution in [0, 0.1) is 0 Å². The molecule has 0 saturated heterocycles. The molecule has 56 heavy (non-hydrogen) atoms. The largest absolute Gasteiger partial charge is 0.456 e. The van der Waals surface area contributed by atoms with Crippen molar-refractivity contribution in [3.63, 3.8) is 0 Å². The van der Waals surface area contributed by atoms with E-state index in [-0.39, 0.29) is 0 Å². The molecule has 0 unspecified atom stereocenters. The summed E-state index contributed by atoms with van der Waals surface area (Å²) < 4.78 is 12.9. The Hall–Kier alpha value is -7.42. The van der Waals surface area contributed by atoms with Gasteiger partial charge in [0.1, 0.15) is 23.0 Å². The number of rotatable bonds is 2. The molecular formula is C54H30O2. The minimum atomic E-state index is 0.904. The van der Waals surface area contributed by atoms with Crippen LogP contribution in [0.2, 0.25) is 0 Å². The number of benzene rings is 11. The molecule has 0 saturated carbocycles. The first-order chi connectivity index (χ1) is 27.8. The maximum Gasteiger partial charge on any atom is 0.135 e. The van der Waals surface area contributed by atoms with E-state index < -0.39 is 0 Å². The van der Waals surface area contributed by atoms with Crippen molar-refractivity contribution in [1.29, 1.82) is 0 Å². The zero-order chi connectivity index (χ0) is 36.5. The standard InChI is InChI=1S/C54H30O2/c1-2-12-34-33(11-1)45-29-31(32-25-27-50-53-39(32)17-9-19-42(53)37-14-5-7-21-48(37)55-50)23-24-44(45)52-40-16-4-3-13-35(40)46(30-47(34)52)36-26-28-51-54-41(36)18-10-20-43(54)38-15-6-8-22-49(38)56-51/h1-30H. The third-order valence-corrected chi connectivity index (χ3v) is 12.2. The smallest absolute Gasteiger partial charge is 0.135 e. The summed E-state index contributed by atoms with van der Waals surface area (Å²) in [5, 5.41) is 14.8. The molecule has 2 aliphatic heterocycles. The summed E-state index contributed by atoms with van der Waals surface area (Å²) in [4.78, 5) is 0. The van der Waals surface area contributed by atoms with Crippen molar-refractivity contribution in [3.8, 4) is 67.5 Å². The Bertz CT molecular complexity index is 3540. The van der Waals surface area contributed by atoms with Crippen molar-refractivity contribution in [1.82, 2.24) is 0 Å². The van der Waals surface area contributed by atoms with Crippen LogP contribution in [0.15, 0.2) is 182 Å². The molecule has 0 N–H and O–H groups in total. The van der Waals surface area contributed by atoms with Gasteiger partial charge >= 0.3 is 0 Å². The maximum atomic E-state index is 6.50. The second-order valence-electron chi connectivity index (χ2n) is 15.1. The second-order valence-corrected chi connectivity index (χ2v) is 15.1. The van der Waals surface area contributed by atoms with Crippen molar-refractivity contribution in [2.75, 3.05) is 0 Å². The molecule has 2 aliphatic rings. The van der Waals surface area contributed by atoms with Gasteiger partial charge in [0.05, 0.1) is 0 Å². The van der Waals surface area contributed by atoms with Gasteiger partial charge in [0.25, 0.3) is 0 Å². The van der Waals surface area contributed by atoms with Gasteiger partial charge in [-0.3, -0.25) is 0 Å². The van der Waals surface area contributed by atoms with Gasteiger partial charge in [0.2, 0.25) is 0 Å². The fraction of sp³-hybridized carbons (Fsp3) is 0. The molecular weight excluding hydrogens is 681 g/mol. The predicted molar refractivity (Wildman–Crippen MR) is 233 cm³/mol. The molecule has 0 bridgehead atoms. The molecule has 0 spiro atoms. The maximum absolute atomic E-state index is 6.50. The van der Waals surface area contributed by atoms with Crippen LogP contribution in [-0.2, 0) is 0 Å². The first-order valence-electron chi connectivity index (χ1n) is 19.3. The van der Waals surface area contributed by atoms with E-state index in [0.29, 0.717) is 0 Å². The highest BCUT2D eigenvalue weighted by Crippen LogP contribution is 2.52. The highest BCUT2D eigenvalue weighted by Gasteiger charge is 2.24. The quantitative estimate of drug-likeness (QED) is 0.166. The average molecular weight is 711 g/mol. The second kappa shape index (κ2) is 11.1. The van der Waals surface area contributed by atoms with Gasteiger partial charge < -0.3 is 9.47 Å². The fourth-order valence-corrected chi connectivity index (χ4v) is 9.85. The van der Waals surface area contributed by atoms with Crippen LogP contribution in [0.25, 0.3) is 109 Å². The molecule has 0 radical (unpaired) electrons. The number of hydrogen-bond acceptors (Lipinski definition) is 2. The molecule has 0 aliphatic carbocycles. The van der Waals surface area contributed by atoms with Crippen molar-refractivity contribution in [2.24, 2.45) is 0 Å². The highest BCUT2D eigenvalue weighted by atomic mass is 16.5. The van der Waals surface area contributed by atoms with Gasteiger partial charge in [0.15, 0.2) is 0 Å². The molecule has 258 valence electrons. The van der Waals surface area contributed by atoms with Crippen LogP contribution >= 0.6 is 0 Å². The minimum absolute atomic E-state index is 0.904. The monoisotopic (exact) mass is 710 g/mol. The van der Waals surface area contributed by atoms with Crippen LogP contribution in [0.1, 0.15) is 0 Å². The molecule has 11 aromatic carbocycles. The van der Waals surface area contributed by atoms with E-state index in [1.54, 1.807) is 0 Å². The van der Waals surface area contributed by atoms with Gasteiger partial charge in [-0.1, -0.05) is 146 Å². The van der Waals surface area contributed by atoms with Crippen LogP contribution in [-0.4, -0.2) is 0 Å². The van der Waals surface area contributed by atoms with Crippen LogP contribution in [0.5, 0.6) is 23.0 Å². The Morgan fingerprint density at radius 2 is 0.714 bits per heavy atom. The van der Waals surface area contributed by atoms with Crippen LogP contribution in [0.4, 0.5) is 0 Å². The highest BCUT2D eigenvalue weighted by molar-refractivity contribution is 6.34. The normalized spacial score (nSPS) is 12.6. The molecule has 2 heterocycles. The molecule has 0 aromatic heterocycles. The summed E-state index contributed by atoms with van der Waals surface area (Å²) in [6.07, 6.45) is 0. The zero-order valence-corrected chi connectivity index (χ0v) is 30.1. The summed E-state index contributed by atoms with van der Waals surface area (Å²) in [5.74, 6) is 3.62. The lowest BCUT2D eigenvalue weighted by Gasteiger charge is -2.23. The van der Waals surface area contributed by atoms with E-state index in [2.05, 4.69) is 170 Å². The minimum Gasteiger partial charge on any atom is -0.456 e. The third-order valence-electron chi connectivity index (χ3n) is 12.2. The fourth-order valence-electron chi connectivity index (χ4n) is 9.85. The van der Waals surface area contributed by atoms with E-state index in [1.165, 1.54) is 98.0 Å². The topological polar surface area (TPSA) is 18.5 Å². The number of hydrogen-bond donors (Lipinski definition) is 0. The zero-order valence-electron chi connectivity index (χ0n) is 30.1. The van der Waals surface area contributed by atoms with Crippen molar-refractivity contribution >= 4 is 64.6 Å². The number of ether oxygens (including phenoxy) is 2. The third kappa shape index (κ3) is 4.00. The van der Waals surface area contributed by atoms with Crippen molar-refractivity contribution in [3.05, 3.63) is 182 Å². The van der Waals surface area contributed by atoms with Gasteiger partial charge in [-0.25, -0.2) is 0 Å². The predicted octanol–water partition coefficient (Wildman–Crippen LogP) is 15.5. The molecule has 11 aromatic rings. The van der Waals surface area contributed by atoms with Crippen molar-refractivity contribution in [2.45, 2.75) is 0 Å². The van der Waals surface area contributed by atoms with Gasteiger partial charge in [0, 0.05) is 21.9 Å². The Morgan fingerprint density at radius 3 is 1.39 bits per heavy atom. The van der Waals surface area contributed by atoms with Gasteiger partial charge in [-0.15, -0.1) is 0 Å². The van der Waals surface area contributed by atoms with E-state index >= 15 is 0 Å². The summed E-state index contributed by atoms with van der Waals surface area (Å²) in [6.45, 7) is 0. The molecule has 2 nitrogen and oxygen atoms in total. The summed E-state index contributed by atoms with van der Waals surface area (Å²) in [5.41, 5.74) is 9.53. The molecule has 13 rings (SSSR count). The van der Waals surface area contributed by atoms with Gasteiger partial charge in [-0.05, 0) is 124 Å². The van der Waals surface area contributed by atoms with E-state index in [4.69, 9.17) is 9.47 Å². The molecule has 0 fully saturated rings. The van der Waals surface area contributed by atoms with Crippen molar-refractivity contribution < 1.29 is 9.47 Å². The Kier molecular flexibility index (Phi) is 5.92. The molecule has 0 atom stereocenters. The molecule has 0 amide bonds. The lowest BCUT2D eigenvalue weighted by Crippen LogP contribution is -1.98. The lowest BCUT2D eigenvalue weighted by atomic mass is 9.84. The summed E-state index contributed by atoms with van der Waals surface area (Å²) in [6, 6.07) is 66.1. The first-order valence-corrected chi connectivity index (χ1v) is 19.3. The van der Waals surface area contributed by atoms with Crippen LogP contribution in [0.3, 0.4) is 0 Å². The van der Waals surface area contributed by atoms with E-state index in [0.717, 1.165) is 34.1 Å².